The summed E-state index contributed by atoms with van der Waals surface area (Å²) < 4.78 is 0. The van der Waals surface area contributed by atoms with Gasteiger partial charge in [-0.05, 0) is 25.5 Å². The zero-order valence-corrected chi connectivity index (χ0v) is 12.6. The van der Waals surface area contributed by atoms with Gasteiger partial charge >= 0.3 is 11.8 Å². The van der Waals surface area contributed by atoms with Crippen molar-refractivity contribution in [2.45, 2.75) is 26.3 Å². The standard InChI is InChI=1S/C13H15Cl2N3O2/c1-3-8(2)17-12(19)13(20)18-16-7-9-10(14)5-4-6-11(9)15/h4-8H,3H2,1-2H3,(H,17,19)(H,18,20)/b16-7-/t8-/m0/s1. The highest BCUT2D eigenvalue weighted by Crippen LogP contribution is 2.21. The van der Waals surface area contributed by atoms with Gasteiger partial charge in [-0.3, -0.25) is 9.59 Å². The lowest BCUT2D eigenvalue weighted by atomic mass is 10.2. The number of nitrogens with zero attached hydrogens (tertiary/aromatic N) is 1. The summed E-state index contributed by atoms with van der Waals surface area (Å²) in [4.78, 5) is 22.9. The van der Waals surface area contributed by atoms with Gasteiger partial charge < -0.3 is 5.32 Å². The fourth-order valence-electron chi connectivity index (χ4n) is 1.23. The van der Waals surface area contributed by atoms with Gasteiger partial charge in [0.15, 0.2) is 0 Å². The molecule has 108 valence electrons. The second-order valence-electron chi connectivity index (χ2n) is 4.12. The maximum Gasteiger partial charge on any atom is 0.329 e. The van der Waals surface area contributed by atoms with Crippen LogP contribution in [-0.4, -0.2) is 24.1 Å². The number of carbonyl (C=O) groups is 2. The summed E-state index contributed by atoms with van der Waals surface area (Å²) in [6.45, 7) is 3.71. The first-order valence-corrected chi connectivity index (χ1v) is 6.79. The van der Waals surface area contributed by atoms with Crippen molar-refractivity contribution >= 4 is 41.2 Å². The fourth-order valence-corrected chi connectivity index (χ4v) is 1.73. The lowest BCUT2D eigenvalue weighted by molar-refractivity contribution is -0.139. The third-order valence-corrected chi connectivity index (χ3v) is 3.21. The van der Waals surface area contributed by atoms with E-state index in [2.05, 4.69) is 15.8 Å². The van der Waals surface area contributed by atoms with Crippen LogP contribution in [0, 0.1) is 0 Å². The summed E-state index contributed by atoms with van der Waals surface area (Å²) in [6, 6.07) is 4.91. The summed E-state index contributed by atoms with van der Waals surface area (Å²) in [5.74, 6) is -1.58. The summed E-state index contributed by atoms with van der Waals surface area (Å²) in [6.07, 6.45) is 2.02. The number of hydrazone groups is 1. The van der Waals surface area contributed by atoms with Crippen LogP contribution in [0.4, 0.5) is 0 Å². The van der Waals surface area contributed by atoms with E-state index in [-0.39, 0.29) is 6.04 Å². The number of benzene rings is 1. The highest BCUT2D eigenvalue weighted by molar-refractivity contribution is 6.38. The number of amides is 2. The smallest absolute Gasteiger partial charge is 0.329 e. The normalized spacial score (nSPS) is 12.2. The Kier molecular flexibility index (Phi) is 6.48. The van der Waals surface area contributed by atoms with E-state index >= 15 is 0 Å². The molecule has 1 atom stereocenters. The molecule has 7 heteroatoms. The van der Waals surface area contributed by atoms with E-state index in [1.165, 1.54) is 6.21 Å². The molecule has 0 heterocycles. The van der Waals surface area contributed by atoms with E-state index in [4.69, 9.17) is 23.2 Å². The molecule has 1 aromatic carbocycles. The zero-order chi connectivity index (χ0) is 15.1. The Labute approximate surface area is 127 Å². The minimum atomic E-state index is -0.843. The molecule has 0 aliphatic carbocycles. The van der Waals surface area contributed by atoms with Crippen LogP contribution in [0.5, 0.6) is 0 Å². The number of carbonyl (C=O) groups excluding carboxylic acids is 2. The van der Waals surface area contributed by atoms with Crippen LogP contribution in [0.3, 0.4) is 0 Å². The Balaban J connectivity index is 2.61. The summed E-state index contributed by atoms with van der Waals surface area (Å²) >= 11 is 11.9. The monoisotopic (exact) mass is 315 g/mol. The van der Waals surface area contributed by atoms with Crippen molar-refractivity contribution in [2.75, 3.05) is 0 Å². The third kappa shape index (κ3) is 4.83. The first kappa shape index (κ1) is 16.5. The third-order valence-electron chi connectivity index (χ3n) is 2.56. The predicted molar refractivity (Wildman–Crippen MR) is 80.1 cm³/mol. The molecule has 0 saturated carbocycles. The molecule has 2 amide bonds. The van der Waals surface area contributed by atoms with Crippen LogP contribution in [0.15, 0.2) is 23.3 Å². The van der Waals surface area contributed by atoms with Crippen molar-refractivity contribution in [1.82, 2.24) is 10.7 Å². The Hall–Kier alpha value is -1.59. The summed E-state index contributed by atoms with van der Waals surface area (Å²) in [5, 5.41) is 6.99. The quantitative estimate of drug-likeness (QED) is 0.508. The highest BCUT2D eigenvalue weighted by Gasteiger charge is 2.14. The average molecular weight is 316 g/mol. The van der Waals surface area contributed by atoms with E-state index < -0.39 is 11.8 Å². The molecule has 20 heavy (non-hydrogen) atoms. The lowest BCUT2D eigenvalue weighted by Crippen LogP contribution is -2.41. The van der Waals surface area contributed by atoms with Crippen molar-refractivity contribution in [1.29, 1.82) is 0 Å². The Bertz CT molecular complexity index is 512. The minimum Gasteiger partial charge on any atom is -0.345 e. The van der Waals surface area contributed by atoms with Gasteiger partial charge in [-0.2, -0.15) is 5.10 Å². The Morgan fingerprint density at radius 1 is 1.30 bits per heavy atom. The van der Waals surface area contributed by atoms with Crippen molar-refractivity contribution < 1.29 is 9.59 Å². The molecular weight excluding hydrogens is 301 g/mol. The molecule has 0 spiro atoms. The second-order valence-corrected chi connectivity index (χ2v) is 4.93. The Morgan fingerprint density at radius 2 is 1.90 bits per heavy atom. The molecule has 0 aliphatic heterocycles. The van der Waals surface area contributed by atoms with Gasteiger partial charge in [0, 0.05) is 11.6 Å². The first-order valence-electron chi connectivity index (χ1n) is 6.03. The number of halogens is 2. The molecule has 5 nitrogen and oxygen atoms in total. The van der Waals surface area contributed by atoms with Gasteiger partial charge in [-0.25, -0.2) is 5.43 Å². The molecule has 0 aromatic heterocycles. The highest BCUT2D eigenvalue weighted by atomic mass is 35.5. The topological polar surface area (TPSA) is 70.6 Å². The van der Waals surface area contributed by atoms with Crippen LogP contribution >= 0.6 is 23.2 Å². The van der Waals surface area contributed by atoms with Crippen LogP contribution in [-0.2, 0) is 9.59 Å². The van der Waals surface area contributed by atoms with Gasteiger partial charge in [-0.1, -0.05) is 36.2 Å². The number of hydrogen-bond donors (Lipinski definition) is 2. The molecule has 2 N–H and O–H groups in total. The molecule has 1 aromatic rings. The maximum atomic E-state index is 11.5. The molecule has 0 aliphatic rings. The second kappa shape index (κ2) is 7.87. The molecule has 0 unspecified atom stereocenters. The molecule has 0 bridgehead atoms. The van der Waals surface area contributed by atoms with E-state index in [1.807, 2.05) is 6.92 Å². The van der Waals surface area contributed by atoms with Crippen molar-refractivity contribution in [3.63, 3.8) is 0 Å². The molecule has 0 saturated heterocycles. The molecule has 0 fully saturated rings. The molecule has 0 radical (unpaired) electrons. The van der Waals surface area contributed by atoms with Crippen LogP contribution in [0.2, 0.25) is 10.0 Å². The van der Waals surface area contributed by atoms with Gasteiger partial charge in [0.2, 0.25) is 0 Å². The largest absolute Gasteiger partial charge is 0.345 e. The van der Waals surface area contributed by atoms with E-state index in [9.17, 15) is 9.59 Å². The van der Waals surface area contributed by atoms with Crippen molar-refractivity contribution in [2.24, 2.45) is 5.10 Å². The summed E-state index contributed by atoms with van der Waals surface area (Å²) in [7, 11) is 0. The van der Waals surface area contributed by atoms with E-state index in [1.54, 1.807) is 25.1 Å². The van der Waals surface area contributed by atoms with E-state index in [0.717, 1.165) is 6.42 Å². The average Bonchev–Trinajstić information content (AvgIpc) is 2.41. The number of hydrogen-bond acceptors (Lipinski definition) is 3. The SMILES string of the molecule is CC[C@H](C)NC(=O)C(=O)N/N=C\c1c(Cl)cccc1Cl. The van der Waals surface area contributed by atoms with Crippen LogP contribution in [0.1, 0.15) is 25.8 Å². The van der Waals surface area contributed by atoms with Gasteiger partial charge in [0.25, 0.3) is 0 Å². The van der Waals surface area contributed by atoms with E-state index in [0.29, 0.717) is 15.6 Å². The van der Waals surface area contributed by atoms with Gasteiger partial charge in [0.05, 0.1) is 16.3 Å². The van der Waals surface area contributed by atoms with Gasteiger partial charge in [0.1, 0.15) is 0 Å². The fraction of sp³-hybridized carbons (Fsp3) is 0.308. The van der Waals surface area contributed by atoms with Crippen molar-refractivity contribution in [3.05, 3.63) is 33.8 Å². The van der Waals surface area contributed by atoms with Crippen LogP contribution in [0.25, 0.3) is 0 Å². The molecular formula is C13H15Cl2N3O2. The zero-order valence-electron chi connectivity index (χ0n) is 11.1. The molecule has 1 rings (SSSR count). The number of rotatable bonds is 4. The van der Waals surface area contributed by atoms with Crippen molar-refractivity contribution in [3.8, 4) is 0 Å². The summed E-state index contributed by atoms with van der Waals surface area (Å²) in [5.41, 5.74) is 2.59. The first-order chi connectivity index (χ1) is 9.45. The number of nitrogens with one attached hydrogen (secondary N) is 2. The predicted octanol–water partition coefficient (Wildman–Crippen LogP) is 2.36. The Morgan fingerprint density at radius 3 is 2.45 bits per heavy atom. The lowest BCUT2D eigenvalue weighted by Gasteiger charge is -2.09. The van der Waals surface area contributed by atoms with Crippen LogP contribution < -0.4 is 10.7 Å². The maximum absolute atomic E-state index is 11.5. The minimum absolute atomic E-state index is 0.0739. The van der Waals surface area contributed by atoms with Gasteiger partial charge in [-0.15, -0.1) is 0 Å².